The SMILES string of the molecule is C#CC#CC#CC#CC(C(=O)O)[N+](C)(C)C. The van der Waals surface area contributed by atoms with E-state index >= 15 is 0 Å². The van der Waals surface area contributed by atoms with E-state index in [2.05, 4.69) is 41.4 Å². The van der Waals surface area contributed by atoms with Crippen LogP contribution in [-0.2, 0) is 4.79 Å². The van der Waals surface area contributed by atoms with E-state index < -0.39 is 12.0 Å². The fourth-order valence-corrected chi connectivity index (χ4v) is 0.821. The van der Waals surface area contributed by atoms with E-state index in [1.165, 1.54) is 0 Å². The molecule has 0 spiro atoms. The smallest absolute Gasteiger partial charge is 0.376 e. The number of quaternary nitrogens is 1. The number of rotatable bonds is 2. The van der Waals surface area contributed by atoms with Gasteiger partial charge in [-0.3, -0.25) is 0 Å². The molecule has 3 nitrogen and oxygen atoms in total. The van der Waals surface area contributed by atoms with Gasteiger partial charge in [0.1, 0.15) is 0 Å². The van der Waals surface area contributed by atoms with Gasteiger partial charge in [0.05, 0.1) is 21.1 Å². The first kappa shape index (κ1) is 13.7. The predicted octanol–water partition coefficient (Wildman–Crippen LogP) is -0.211. The third-order valence-corrected chi connectivity index (χ3v) is 1.54. The van der Waals surface area contributed by atoms with E-state index in [1.54, 1.807) is 21.1 Å². The summed E-state index contributed by atoms with van der Waals surface area (Å²) in [6.07, 6.45) is 4.88. The van der Waals surface area contributed by atoms with Crippen molar-refractivity contribution in [1.29, 1.82) is 0 Å². The zero-order valence-corrected chi connectivity index (χ0v) is 9.46. The van der Waals surface area contributed by atoms with Crippen LogP contribution in [0, 0.1) is 47.9 Å². The molecule has 1 atom stereocenters. The molecule has 3 heteroatoms. The molecule has 0 aliphatic heterocycles. The number of carbonyl (C=O) groups is 1. The Hall–Kier alpha value is -2.33. The highest BCUT2D eigenvalue weighted by atomic mass is 16.4. The molecule has 0 saturated heterocycles. The lowest BCUT2D eigenvalue weighted by Crippen LogP contribution is -2.48. The topological polar surface area (TPSA) is 37.3 Å². The Balaban J connectivity index is 4.79. The molecular formula is C13H12NO2+. The van der Waals surface area contributed by atoms with Crippen molar-refractivity contribution in [2.75, 3.05) is 21.1 Å². The van der Waals surface area contributed by atoms with Crippen LogP contribution >= 0.6 is 0 Å². The molecule has 80 valence electrons. The van der Waals surface area contributed by atoms with Crippen molar-refractivity contribution in [2.24, 2.45) is 0 Å². The van der Waals surface area contributed by atoms with E-state index in [-0.39, 0.29) is 4.48 Å². The predicted molar refractivity (Wildman–Crippen MR) is 61.6 cm³/mol. The second-order valence-corrected chi connectivity index (χ2v) is 3.77. The minimum absolute atomic E-state index is 0.208. The summed E-state index contributed by atoms with van der Waals surface area (Å²) in [5.41, 5.74) is 0. The first-order valence-electron chi connectivity index (χ1n) is 4.39. The van der Waals surface area contributed by atoms with Crippen molar-refractivity contribution >= 4 is 5.97 Å². The Kier molecular flexibility index (Phi) is 5.31. The molecule has 0 saturated carbocycles. The number of carboxylic acids is 1. The highest BCUT2D eigenvalue weighted by Crippen LogP contribution is 2.01. The summed E-state index contributed by atoms with van der Waals surface area (Å²) >= 11 is 0. The van der Waals surface area contributed by atoms with Crippen LogP contribution in [0.15, 0.2) is 0 Å². The maximum absolute atomic E-state index is 10.9. The standard InChI is InChI=1S/C13H11NO2/c1-5-6-7-8-9-10-11-12(13(15)16)14(2,3)4/h1,12H,2-4H3/p+1. The van der Waals surface area contributed by atoms with Crippen molar-refractivity contribution in [1.82, 2.24) is 0 Å². The second-order valence-electron chi connectivity index (χ2n) is 3.77. The Morgan fingerprint density at radius 1 is 1.12 bits per heavy atom. The van der Waals surface area contributed by atoms with Gasteiger partial charge in [-0.25, -0.2) is 4.79 Å². The van der Waals surface area contributed by atoms with Crippen LogP contribution in [0.3, 0.4) is 0 Å². The second kappa shape index (κ2) is 6.21. The minimum Gasteiger partial charge on any atom is -0.476 e. The summed E-state index contributed by atoms with van der Waals surface area (Å²) in [5.74, 6) is 15.7. The van der Waals surface area contributed by atoms with Crippen LogP contribution in [0.1, 0.15) is 0 Å². The van der Waals surface area contributed by atoms with Crippen LogP contribution in [0.2, 0.25) is 0 Å². The Labute approximate surface area is 96.0 Å². The molecule has 1 unspecified atom stereocenters. The van der Waals surface area contributed by atoms with E-state index in [9.17, 15) is 4.79 Å². The van der Waals surface area contributed by atoms with Gasteiger partial charge in [-0.1, -0.05) is 0 Å². The van der Waals surface area contributed by atoms with Crippen LogP contribution < -0.4 is 0 Å². The lowest BCUT2D eigenvalue weighted by atomic mass is 10.2. The summed E-state index contributed by atoms with van der Waals surface area (Å²) in [6.45, 7) is 0. The van der Waals surface area contributed by atoms with Gasteiger partial charge in [0.2, 0.25) is 6.04 Å². The van der Waals surface area contributed by atoms with Crippen LogP contribution in [0.4, 0.5) is 0 Å². The van der Waals surface area contributed by atoms with Gasteiger partial charge in [-0.2, -0.15) is 0 Å². The molecule has 0 rings (SSSR count). The molecule has 0 aromatic heterocycles. The number of hydrogen-bond acceptors (Lipinski definition) is 1. The van der Waals surface area contributed by atoms with Gasteiger partial charge in [0.25, 0.3) is 0 Å². The molecule has 1 N–H and O–H groups in total. The van der Waals surface area contributed by atoms with Crippen LogP contribution in [-0.4, -0.2) is 42.7 Å². The number of likely N-dealkylation sites (N-methyl/N-ethyl adjacent to an activating group) is 1. The van der Waals surface area contributed by atoms with Gasteiger partial charge in [-0.15, -0.1) is 6.42 Å². The highest BCUT2D eigenvalue weighted by Gasteiger charge is 2.28. The van der Waals surface area contributed by atoms with Gasteiger partial charge in [-0.05, 0) is 41.4 Å². The number of terminal acetylenes is 1. The zero-order valence-electron chi connectivity index (χ0n) is 9.46. The van der Waals surface area contributed by atoms with Gasteiger partial charge < -0.3 is 9.59 Å². The van der Waals surface area contributed by atoms with Crippen molar-refractivity contribution in [3.05, 3.63) is 0 Å². The quantitative estimate of drug-likeness (QED) is 0.510. The summed E-state index contributed by atoms with van der Waals surface area (Å²) < 4.78 is 0.208. The maximum Gasteiger partial charge on any atom is 0.376 e. The van der Waals surface area contributed by atoms with Crippen molar-refractivity contribution < 1.29 is 14.4 Å². The molecule has 0 radical (unpaired) electrons. The Bertz CT molecular complexity index is 484. The first-order valence-corrected chi connectivity index (χ1v) is 4.39. The highest BCUT2D eigenvalue weighted by molar-refractivity contribution is 5.76. The summed E-state index contributed by atoms with van der Waals surface area (Å²) in [7, 11) is 5.25. The molecule has 0 aliphatic rings. The lowest BCUT2D eigenvalue weighted by Gasteiger charge is -2.26. The minimum atomic E-state index is -0.975. The fourth-order valence-electron chi connectivity index (χ4n) is 0.821. The number of nitrogens with zero attached hydrogens (tertiary/aromatic N) is 1. The van der Waals surface area contributed by atoms with Gasteiger partial charge >= 0.3 is 5.97 Å². The molecule has 0 bridgehead atoms. The summed E-state index contributed by atoms with van der Waals surface area (Å²) in [5, 5.41) is 8.93. The van der Waals surface area contributed by atoms with Crippen molar-refractivity contribution in [3.8, 4) is 47.9 Å². The molecule has 0 aromatic carbocycles. The Morgan fingerprint density at radius 2 is 1.62 bits per heavy atom. The monoisotopic (exact) mass is 214 g/mol. The lowest BCUT2D eigenvalue weighted by molar-refractivity contribution is -0.879. The maximum atomic E-state index is 10.9. The third-order valence-electron chi connectivity index (χ3n) is 1.54. The molecule has 0 aromatic rings. The molecule has 16 heavy (non-hydrogen) atoms. The largest absolute Gasteiger partial charge is 0.476 e. The number of aliphatic carboxylic acids is 1. The van der Waals surface area contributed by atoms with Crippen molar-refractivity contribution in [3.63, 3.8) is 0 Å². The van der Waals surface area contributed by atoms with Gasteiger partial charge in [0.15, 0.2) is 0 Å². The fraction of sp³-hybridized carbons (Fsp3) is 0.308. The van der Waals surface area contributed by atoms with E-state index in [4.69, 9.17) is 11.5 Å². The average molecular weight is 214 g/mol. The van der Waals surface area contributed by atoms with Crippen LogP contribution in [0.25, 0.3) is 0 Å². The third kappa shape index (κ3) is 5.41. The molecule has 0 aliphatic carbocycles. The van der Waals surface area contributed by atoms with Gasteiger partial charge in [0, 0.05) is 0 Å². The number of carboxylic acid groups (broad SMARTS) is 1. The molecular weight excluding hydrogens is 202 g/mol. The normalized spacial score (nSPS) is 10.1. The summed E-state index contributed by atoms with van der Waals surface area (Å²) in [6, 6.07) is -0.810. The number of hydrogen-bond donors (Lipinski definition) is 1. The van der Waals surface area contributed by atoms with E-state index in [0.717, 1.165) is 0 Å². The van der Waals surface area contributed by atoms with Crippen molar-refractivity contribution in [2.45, 2.75) is 6.04 Å². The van der Waals surface area contributed by atoms with E-state index in [1.807, 2.05) is 0 Å². The average Bonchev–Trinajstić information content (AvgIpc) is 2.13. The summed E-state index contributed by atoms with van der Waals surface area (Å²) in [4.78, 5) is 10.9. The molecule has 0 amide bonds. The van der Waals surface area contributed by atoms with E-state index in [0.29, 0.717) is 0 Å². The van der Waals surface area contributed by atoms with Crippen LogP contribution in [0.5, 0.6) is 0 Å². The Morgan fingerprint density at radius 3 is 2.06 bits per heavy atom. The molecule has 0 heterocycles. The first-order chi connectivity index (χ1) is 7.39. The zero-order chi connectivity index (χ0) is 12.6. The molecule has 0 fully saturated rings.